The van der Waals surface area contributed by atoms with Crippen LogP contribution in [0.5, 0.6) is 0 Å². The van der Waals surface area contributed by atoms with Crippen molar-refractivity contribution in [1.29, 1.82) is 0 Å². The quantitative estimate of drug-likeness (QED) is 0.642. The molecule has 0 rings (SSSR count). The summed E-state index contributed by atoms with van der Waals surface area (Å²) >= 11 is 0. The lowest BCUT2D eigenvalue weighted by molar-refractivity contribution is 0.0300. The zero-order chi connectivity index (χ0) is 7.11. The molecule has 0 saturated heterocycles. The summed E-state index contributed by atoms with van der Waals surface area (Å²) in [6, 6.07) is 0. The van der Waals surface area contributed by atoms with Crippen LogP contribution in [0, 0.1) is 0 Å². The molecule has 10 heavy (non-hydrogen) atoms. The van der Waals surface area contributed by atoms with Gasteiger partial charge in [-0.2, -0.15) is 0 Å². The molecule has 0 saturated carbocycles. The van der Waals surface area contributed by atoms with Crippen LogP contribution in [0.4, 0.5) is 0 Å². The Morgan fingerprint density at radius 2 is 2.00 bits per heavy atom. The van der Waals surface area contributed by atoms with Crippen LogP contribution in [-0.2, 0) is 9.47 Å². The molecule has 0 aliphatic heterocycles. The van der Waals surface area contributed by atoms with E-state index in [-0.39, 0.29) is 18.5 Å². The van der Waals surface area contributed by atoms with Crippen molar-refractivity contribution >= 4 is 12.4 Å². The lowest BCUT2D eigenvalue weighted by atomic mass is 10.4. The summed E-state index contributed by atoms with van der Waals surface area (Å²) in [5.41, 5.74) is 0. The molecule has 0 bridgehead atoms. The molecule has 0 aliphatic carbocycles. The van der Waals surface area contributed by atoms with Gasteiger partial charge in [0.1, 0.15) is 0 Å². The predicted molar refractivity (Wildman–Crippen MR) is 43.8 cm³/mol. The maximum atomic E-state index is 5.04. The molecular weight excluding hydrogens is 154 g/mol. The molecule has 64 valence electrons. The molecule has 0 spiro atoms. The second-order valence-electron chi connectivity index (χ2n) is 1.87. The molecule has 0 radical (unpaired) electrons. The highest BCUT2D eigenvalue weighted by atomic mass is 35.5. The topological polar surface area (TPSA) is 30.5 Å². The Hall–Kier alpha value is 0.170. The van der Waals surface area contributed by atoms with E-state index < -0.39 is 0 Å². The minimum absolute atomic E-state index is 0. The molecule has 0 aromatic rings. The first-order chi connectivity index (χ1) is 4.35. The monoisotopic (exact) mass is 169 g/mol. The maximum absolute atomic E-state index is 5.04. The lowest BCUT2D eigenvalue weighted by Gasteiger charge is -2.12. The second kappa shape index (κ2) is 9.17. The third-order valence-corrected chi connectivity index (χ3v) is 1.12. The zero-order valence-corrected chi connectivity index (χ0v) is 7.53. The predicted octanol–water partition coefficient (Wildman–Crippen LogP) is 0.289. The Morgan fingerprint density at radius 1 is 1.40 bits per heavy atom. The van der Waals surface area contributed by atoms with Gasteiger partial charge in [-0.3, -0.25) is 0 Å². The van der Waals surface area contributed by atoms with Gasteiger partial charge < -0.3 is 14.8 Å². The average Bonchev–Trinajstić information content (AvgIpc) is 1.88. The highest BCUT2D eigenvalue weighted by Crippen LogP contribution is 1.86. The van der Waals surface area contributed by atoms with Crippen molar-refractivity contribution < 1.29 is 9.47 Å². The van der Waals surface area contributed by atoms with Crippen LogP contribution < -0.4 is 5.32 Å². The van der Waals surface area contributed by atoms with Crippen LogP contribution in [-0.4, -0.2) is 40.5 Å². The van der Waals surface area contributed by atoms with Crippen molar-refractivity contribution in [3.05, 3.63) is 0 Å². The number of nitrogens with one attached hydrogen (secondary N) is 1. The standard InChI is InChI=1S/C6H15NO2.ClH/c1-7-4-6(9-3)5-8-2;/h6-7H,4-5H2,1-3H3;1H/t6-;/m1./s1. The number of hydrogen-bond donors (Lipinski definition) is 1. The van der Waals surface area contributed by atoms with E-state index in [0.29, 0.717) is 6.61 Å². The first-order valence-electron chi connectivity index (χ1n) is 3.01. The maximum Gasteiger partial charge on any atom is 0.0928 e. The van der Waals surface area contributed by atoms with Gasteiger partial charge in [0, 0.05) is 20.8 Å². The summed E-state index contributed by atoms with van der Waals surface area (Å²) in [6.45, 7) is 1.49. The van der Waals surface area contributed by atoms with E-state index in [0.717, 1.165) is 6.54 Å². The molecule has 0 heterocycles. The van der Waals surface area contributed by atoms with Gasteiger partial charge in [-0.25, -0.2) is 0 Å². The van der Waals surface area contributed by atoms with Crippen LogP contribution in [0.15, 0.2) is 0 Å². The molecule has 4 heteroatoms. The smallest absolute Gasteiger partial charge is 0.0928 e. The molecule has 0 unspecified atom stereocenters. The fourth-order valence-corrected chi connectivity index (χ4v) is 0.624. The van der Waals surface area contributed by atoms with E-state index in [1.807, 2.05) is 7.05 Å². The fourth-order valence-electron chi connectivity index (χ4n) is 0.624. The number of ether oxygens (including phenoxy) is 2. The molecular formula is C6H16ClNO2. The van der Waals surface area contributed by atoms with Crippen molar-refractivity contribution in [2.45, 2.75) is 6.10 Å². The average molecular weight is 170 g/mol. The number of halogens is 1. The highest BCUT2D eigenvalue weighted by Gasteiger charge is 2.02. The SMILES string of the molecule is CNC[C@H](COC)OC.Cl. The first kappa shape index (κ1) is 12.8. The molecule has 0 aromatic carbocycles. The lowest BCUT2D eigenvalue weighted by Crippen LogP contribution is -2.29. The molecule has 0 aliphatic rings. The third kappa shape index (κ3) is 6.29. The number of hydrogen-bond acceptors (Lipinski definition) is 3. The van der Waals surface area contributed by atoms with Gasteiger partial charge in [-0.05, 0) is 7.05 Å². The minimum Gasteiger partial charge on any atom is -0.382 e. The molecule has 0 aromatic heterocycles. The van der Waals surface area contributed by atoms with E-state index in [2.05, 4.69) is 5.32 Å². The van der Waals surface area contributed by atoms with Crippen LogP contribution in [0.3, 0.4) is 0 Å². The Kier molecular flexibility index (Phi) is 11.7. The van der Waals surface area contributed by atoms with Crippen LogP contribution >= 0.6 is 12.4 Å². The second-order valence-corrected chi connectivity index (χ2v) is 1.87. The number of methoxy groups -OCH3 is 2. The van der Waals surface area contributed by atoms with E-state index in [9.17, 15) is 0 Å². The van der Waals surface area contributed by atoms with E-state index in [4.69, 9.17) is 9.47 Å². The van der Waals surface area contributed by atoms with Gasteiger partial charge in [0.05, 0.1) is 12.7 Å². The van der Waals surface area contributed by atoms with Crippen LogP contribution in [0.2, 0.25) is 0 Å². The van der Waals surface area contributed by atoms with Crippen molar-refractivity contribution in [3.8, 4) is 0 Å². The van der Waals surface area contributed by atoms with Gasteiger partial charge in [0.15, 0.2) is 0 Å². The van der Waals surface area contributed by atoms with E-state index >= 15 is 0 Å². The van der Waals surface area contributed by atoms with Gasteiger partial charge in [0.2, 0.25) is 0 Å². The van der Waals surface area contributed by atoms with E-state index in [1.165, 1.54) is 0 Å². The van der Waals surface area contributed by atoms with Gasteiger partial charge in [-0.15, -0.1) is 12.4 Å². The summed E-state index contributed by atoms with van der Waals surface area (Å²) in [6.07, 6.45) is 0.181. The summed E-state index contributed by atoms with van der Waals surface area (Å²) in [5, 5.41) is 3.00. The van der Waals surface area contributed by atoms with E-state index in [1.54, 1.807) is 14.2 Å². The summed E-state index contributed by atoms with van der Waals surface area (Å²) < 4.78 is 9.93. The van der Waals surface area contributed by atoms with Crippen molar-refractivity contribution in [3.63, 3.8) is 0 Å². The largest absolute Gasteiger partial charge is 0.382 e. The Labute approximate surface area is 68.5 Å². The van der Waals surface area contributed by atoms with Gasteiger partial charge >= 0.3 is 0 Å². The molecule has 0 amide bonds. The van der Waals surface area contributed by atoms with Crippen molar-refractivity contribution in [1.82, 2.24) is 5.32 Å². The molecule has 1 N–H and O–H groups in total. The molecule has 3 nitrogen and oxygen atoms in total. The Bertz CT molecular complexity index is 57.7. The van der Waals surface area contributed by atoms with Crippen molar-refractivity contribution in [2.24, 2.45) is 0 Å². The van der Waals surface area contributed by atoms with Gasteiger partial charge in [-0.1, -0.05) is 0 Å². The normalized spacial score (nSPS) is 12.3. The third-order valence-electron chi connectivity index (χ3n) is 1.12. The number of likely N-dealkylation sites (N-methyl/N-ethyl adjacent to an activating group) is 1. The summed E-state index contributed by atoms with van der Waals surface area (Å²) in [5.74, 6) is 0. The van der Waals surface area contributed by atoms with Crippen molar-refractivity contribution in [2.75, 3.05) is 34.4 Å². The molecule has 0 fully saturated rings. The summed E-state index contributed by atoms with van der Waals surface area (Å²) in [7, 11) is 5.24. The zero-order valence-electron chi connectivity index (χ0n) is 6.72. The Morgan fingerprint density at radius 3 is 2.30 bits per heavy atom. The van der Waals surface area contributed by atoms with Crippen LogP contribution in [0.25, 0.3) is 0 Å². The summed E-state index contributed by atoms with van der Waals surface area (Å²) in [4.78, 5) is 0. The fraction of sp³-hybridized carbons (Fsp3) is 1.00. The van der Waals surface area contributed by atoms with Gasteiger partial charge in [0.25, 0.3) is 0 Å². The van der Waals surface area contributed by atoms with Crippen LogP contribution in [0.1, 0.15) is 0 Å². The molecule has 1 atom stereocenters. The highest BCUT2D eigenvalue weighted by molar-refractivity contribution is 5.85. The number of rotatable bonds is 5. The Balaban J connectivity index is 0. The minimum atomic E-state index is 0. The first-order valence-corrected chi connectivity index (χ1v) is 3.01.